The lowest BCUT2D eigenvalue weighted by atomic mass is 10.1. The molecule has 0 unspecified atom stereocenters. The number of hydrogen-bond donors (Lipinski definition) is 3. The number of nitrogens with zero attached hydrogens (tertiary/aromatic N) is 1. The third-order valence-corrected chi connectivity index (χ3v) is 3.50. The highest BCUT2D eigenvalue weighted by molar-refractivity contribution is 5.93. The van der Waals surface area contributed by atoms with Crippen molar-refractivity contribution in [3.05, 3.63) is 51.5 Å². The van der Waals surface area contributed by atoms with Gasteiger partial charge < -0.3 is 15.6 Å². The lowest BCUT2D eigenvalue weighted by Crippen LogP contribution is -2.20. The molecule has 2 rings (SSSR count). The molecule has 0 spiro atoms. The van der Waals surface area contributed by atoms with E-state index in [0.29, 0.717) is 22.8 Å². The van der Waals surface area contributed by atoms with E-state index in [2.05, 4.69) is 20.6 Å². The Morgan fingerprint density at radius 3 is 2.60 bits per heavy atom. The standard InChI is InChI=1S/C17H19FN4O3/c1-9-13(17(25)20-10(2)19-9)5-7-16(24)22-15-8-12(21-11(3)23)4-6-14(15)18/h4,6,8H,5,7H2,1-3H3,(H,21,23)(H,22,24)(H,19,20,25). The van der Waals surface area contributed by atoms with Crippen LogP contribution in [0, 0.1) is 19.7 Å². The average Bonchev–Trinajstić information content (AvgIpc) is 2.49. The molecule has 2 aromatic rings. The van der Waals surface area contributed by atoms with Crippen LogP contribution in [0.15, 0.2) is 23.0 Å². The molecular formula is C17H19FN4O3. The van der Waals surface area contributed by atoms with Crippen molar-refractivity contribution < 1.29 is 14.0 Å². The van der Waals surface area contributed by atoms with Gasteiger partial charge in [-0.3, -0.25) is 14.4 Å². The van der Waals surface area contributed by atoms with E-state index in [1.807, 2.05) is 0 Å². The quantitative estimate of drug-likeness (QED) is 0.771. The Morgan fingerprint density at radius 2 is 1.96 bits per heavy atom. The normalized spacial score (nSPS) is 10.4. The van der Waals surface area contributed by atoms with Crippen LogP contribution < -0.4 is 16.2 Å². The van der Waals surface area contributed by atoms with Crippen LogP contribution in [0.2, 0.25) is 0 Å². The molecule has 0 atom stereocenters. The second-order valence-electron chi connectivity index (χ2n) is 5.64. The number of rotatable bonds is 5. The van der Waals surface area contributed by atoms with Gasteiger partial charge in [-0.05, 0) is 38.5 Å². The van der Waals surface area contributed by atoms with E-state index in [-0.39, 0.29) is 30.0 Å². The van der Waals surface area contributed by atoms with E-state index >= 15 is 0 Å². The number of aromatic nitrogens is 2. The van der Waals surface area contributed by atoms with Crippen molar-refractivity contribution >= 4 is 23.2 Å². The second kappa shape index (κ2) is 7.69. The average molecular weight is 346 g/mol. The Labute approximate surface area is 143 Å². The van der Waals surface area contributed by atoms with Crippen molar-refractivity contribution in [1.82, 2.24) is 9.97 Å². The van der Waals surface area contributed by atoms with E-state index < -0.39 is 11.7 Å². The monoisotopic (exact) mass is 346 g/mol. The zero-order valence-electron chi connectivity index (χ0n) is 14.2. The highest BCUT2D eigenvalue weighted by atomic mass is 19.1. The summed E-state index contributed by atoms with van der Waals surface area (Å²) in [7, 11) is 0. The molecule has 0 saturated carbocycles. The minimum absolute atomic E-state index is 0.00152. The van der Waals surface area contributed by atoms with Crippen LogP contribution in [0.1, 0.15) is 30.4 Å². The molecule has 0 aliphatic heterocycles. The number of aryl methyl sites for hydroxylation is 2. The van der Waals surface area contributed by atoms with E-state index in [1.165, 1.54) is 19.1 Å². The lowest BCUT2D eigenvalue weighted by Gasteiger charge is -2.10. The van der Waals surface area contributed by atoms with E-state index in [1.54, 1.807) is 13.8 Å². The molecule has 8 heteroatoms. The number of halogens is 1. The third-order valence-electron chi connectivity index (χ3n) is 3.50. The van der Waals surface area contributed by atoms with Crippen molar-refractivity contribution in [3.63, 3.8) is 0 Å². The molecule has 1 heterocycles. The molecule has 132 valence electrons. The van der Waals surface area contributed by atoms with Crippen molar-refractivity contribution in [3.8, 4) is 0 Å². The fraction of sp³-hybridized carbons (Fsp3) is 0.294. The van der Waals surface area contributed by atoms with Gasteiger partial charge in [0.05, 0.1) is 5.69 Å². The predicted octanol–water partition coefficient (Wildman–Crippen LogP) is 2.06. The van der Waals surface area contributed by atoms with E-state index in [9.17, 15) is 18.8 Å². The lowest BCUT2D eigenvalue weighted by molar-refractivity contribution is -0.116. The van der Waals surface area contributed by atoms with Crippen LogP contribution in [0.25, 0.3) is 0 Å². The van der Waals surface area contributed by atoms with Crippen molar-refractivity contribution in [2.24, 2.45) is 0 Å². The van der Waals surface area contributed by atoms with E-state index in [0.717, 1.165) is 6.07 Å². The fourth-order valence-corrected chi connectivity index (χ4v) is 2.40. The van der Waals surface area contributed by atoms with Gasteiger partial charge in [0.25, 0.3) is 5.56 Å². The number of H-pyrrole nitrogens is 1. The molecular weight excluding hydrogens is 327 g/mol. The Balaban J connectivity index is 2.06. The molecule has 0 aliphatic rings. The highest BCUT2D eigenvalue weighted by Crippen LogP contribution is 2.20. The summed E-state index contributed by atoms with van der Waals surface area (Å²) in [6.45, 7) is 4.71. The summed E-state index contributed by atoms with van der Waals surface area (Å²) >= 11 is 0. The first-order valence-electron chi connectivity index (χ1n) is 7.69. The molecule has 0 saturated heterocycles. The summed E-state index contributed by atoms with van der Waals surface area (Å²) in [5.74, 6) is -0.857. The maximum absolute atomic E-state index is 13.8. The van der Waals surface area contributed by atoms with Crippen LogP contribution in [-0.4, -0.2) is 21.8 Å². The minimum Gasteiger partial charge on any atom is -0.326 e. The molecule has 0 aliphatic carbocycles. The van der Waals surface area contributed by atoms with Crippen LogP contribution in [-0.2, 0) is 16.0 Å². The zero-order chi connectivity index (χ0) is 18.6. The van der Waals surface area contributed by atoms with Gasteiger partial charge in [-0.2, -0.15) is 0 Å². The van der Waals surface area contributed by atoms with Crippen molar-refractivity contribution in [1.29, 1.82) is 0 Å². The van der Waals surface area contributed by atoms with Crippen molar-refractivity contribution in [2.75, 3.05) is 10.6 Å². The molecule has 0 radical (unpaired) electrons. The van der Waals surface area contributed by atoms with Gasteiger partial charge in [0.2, 0.25) is 11.8 Å². The number of nitrogens with one attached hydrogen (secondary N) is 3. The minimum atomic E-state index is -0.617. The number of benzene rings is 1. The summed E-state index contributed by atoms with van der Waals surface area (Å²) in [6, 6.07) is 3.88. The first-order chi connectivity index (χ1) is 11.8. The SMILES string of the molecule is CC(=O)Nc1ccc(F)c(NC(=O)CCc2c(C)nc(C)[nH]c2=O)c1. The molecule has 0 fully saturated rings. The predicted molar refractivity (Wildman–Crippen MR) is 92.0 cm³/mol. The molecule has 3 N–H and O–H groups in total. The summed E-state index contributed by atoms with van der Waals surface area (Å²) in [5, 5.41) is 4.96. The molecule has 1 aromatic carbocycles. The molecule has 2 amide bonds. The largest absolute Gasteiger partial charge is 0.326 e. The van der Waals surface area contributed by atoms with Gasteiger partial charge in [0.15, 0.2) is 0 Å². The smallest absolute Gasteiger partial charge is 0.254 e. The number of hydrogen-bond acceptors (Lipinski definition) is 4. The van der Waals surface area contributed by atoms with Gasteiger partial charge >= 0.3 is 0 Å². The maximum Gasteiger partial charge on any atom is 0.254 e. The number of aromatic amines is 1. The summed E-state index contributed by atoms with van der Waals surface area (Å²) in [6.07, 6.45) is 0.186. The van der Waals surface area contributed by atoms with Gasteiger partial charge in [0.1, 0.15) is 11.6 Å². The Hall–Kier alpha value is -3.03. The van der Waals surface area contributed by atoms with Crippen LogP contribution in [0.5, 0.6) is 0 Å². The zero-order valence-corrected chi connectivity index (χ0v) is 14.2. The molecule has 0 bridgehead atoms. The summed E-state index contributed by atoms with van der Waals surface area (Å²) in [4.78, 5) is 41.8. The summed E-state index contributed by atoms with van der Waals surface area (Å²) in [5.41, 5.74) is 1.04. The van der Waals surface area contributed by atoms with Crippen LogP contribution in [0.3, 0.4) is 0 Å². The number of amides is 2. The molecule has 1 aromatic heterocycles. The highest BCUT2D eigenvalue weighted by Gasteiger charge is 2.12. The first kappa shape index (κ1) is 18.3. The Kier molecular flexibility index (Phi) is 5.63. The molecule has 7 nitrogen and oxygen atoms in total. The van der Waals surface area contributed by atoms with Crippen LogP contribution in [0.4, 0.5) is 15.8 Å². The van der Waals surface area contributed by atoms with Crippen LogP contribution >= 0.6 is 0 Å². The number of carbonyl (C=O) groups is 2. The van der Waals surface area contributed by atoms with E-state index in [4.69, 9.17) is 0 Å². The number of carbonyl (C=O) groups excluding carboxylic acids is 2. The van der Waals surface area contributed by atoms with Gasteiger partial charge in [-0.25, -0.2) is 9.37 Å². The summed E-state index contributed by atoms with van der Waals surface area (Å²) < 4.78 is 13.8. The third kappa shape index (κ3) is 4.97. The van der Waals surface area contributed by atoms with Crippen molar-refractivity contribution in [2.45, 2.75) is 33.6 Å². The topological polar surface area (TPSA) is 104 Å². The Morgan fingerprint density at radius 1 is 1.24 bits per heavy atom. The Bertz CT molecular complexity index is 877. The van der Waals surface area contributed by atoms with Gasteiger partial charge in [-0.1, -0.05) is 0 Å². The second-order valence-corrected chi connectivity index (χ2v) is 5.64. The van der Waals surface area contributed by atoms with Gasteiger partial charge in [-0.15, -0.1) is 0 Å². The molecule has 25 heavy (non-hydrogen) atoms. The fourth-order valence-electron chi connectivity index (χ4n) is 2.40. The van der Waals surface area contributed by atoms with Gasteiger partial charge in [0, 0.05) is 30.3 Å². The number of anilines is 2. The maximum atomic E-state index is 13.8. The first-order valence-corrected chi connectivity index (χ1v) is 7.69.